The summed E-state index contributed by atoms with van der Waals surface area (Å²) in [5, 5.41) is 15.7. The van der Waals surface area contributed by atoms with E-state index in [2.05, 4.69) is 23.6 Å². The van der Waals surface area contributed by atoms with E-state index in [4.69, 9.17) is 4.74 Å². The number of nitrogens with one attached hydrogen (secondary N) is 2. The molecule has 0 aromatic carbocycles. The van der Waals surface area contributed by atoms with Gasteiger partial charge >= 0.3 is 0 Å². The Morgan fingerprint density at radius 3 is 2.35 bits per heavy atom. The summed E-state index contributed by atoms with van der Waals surface area (Å²) in [5.74, 6) is 2.25. The van der Waals surface area contributed by atoms with E-state index in [1.807, 2.05) is 0 Å². The molecule has 144 valence electrons. The number of carbonyl (C=O) groups excluding carboxylic acids is 1. The van der Waals surface area contributed by atoms with Crippen molar-refractivity contribution in [2.24, 2.45) is 17.8 Å². The van der Waals surface area contributed by atoms with E-state index in [1.165, 1.54) is 38.5 Å². The maximum Gasteiger partial charge on any atom is 0.263 e. The quantitative estimate of drug-likeness (QED) is 0.357. The van der Waals surface area contributed by atoms with E-state index < -0.39 is 0 Å². The molecule has 0 heterocycles. The fourth-order valence-electron chi connectivity index (χ4n) is 5.48. The monoisotopic (exact) mass is 359 g/mol. The van der Waals surface area contributed by atoms with Crippen molar-refractivity contribution in [1.29, 1.82) is 5.26 Å². The van der Waals surface area contributed by atoms with Crippen LogP contribution in [0, 0.1) is 29.1 Å². The van der Waals surface area contributed by atoms with Crippen molar-refractivity contribution in [2.75, 3.05) is 19.8 Å². The van der Waals surface area contributed by atoms with Crippen LogP contribution in [-0.4, -0.2) is 31.2 Å². The standard InChI is InChI=1S/C21H33N3O2/c1-2-3-6-26-7-4-5-23-20(25)19(14-22)15-24-21-11-16-8-17(12-21)10-18(9-16)13-21/h15-18,24H,2-13H2,1H3,(H,23,25)/b19-15-. The van der Waals surface area contributed by atoms with Crippen LogP contribution in [0.4, 0.5) is 0 Å². The Bertz CT molecular complexity index is 529. The zero-order valence-electron chi connectivity index (χ0n) is 16.1. The van der Waals surface area contributed by atoms with Crippen molar-refractivity contribution in [3.05, 3.63) is 11.8 Å². The predicted octanol–water partition coefficient (Wildman–Crippen LogP) is 3.28. The lowest BCUT2D eigenvalue weighted by Crippen LogP contribution is -2.57. The molecule has 5 nitrogen and oxygen atoms in total. The molecule has 4 rings (SSSR count). The molecule has 0 aliphatic heterocycles. The number of unbranched alkanes of at least 4 members (excludes halogenated alkanes) is 1. The van der Waals surface area contributed by atoms with E-state index in [0.717, 1.165) is 43.6 Å². The van der Waals surface area contributed by atoms with E-state index in [9.17, 15) is 10.1 Å². The summed E-state index contributed by atoms with van der Waals surface area (Å²) >= 11 is 0. The Hall–Kier alpha value is -1.54. The van der Waals surface area contributed by atoms with Gasteiger partial charge in [0.15, 0.2) is 0 Å². The fraction of sp³-hybridized carbons (Fsp3) is 0.810. The van der Waals surface area contributed by atoms with Gasteiger partial charge in [-0.3, -0.25) is 4.79 Å². The summed E-state index contributed by atoms with van der Waals surface area (Å²) in [4.78, 5) is 12.2. The molecule has 1 amide bonds. The molecule has 4 aliphatic carbocycles. The first-order chi connectivity index (χ1) is 12.6. The lowest BCUT2D eigenvalue weighted by Gasteiger charge is -2.56. The molecule has 4 aliphatic rings. The highest BCUT2D eigenvalue weighted by Gasteiger charge is 2.50. The topological polar surface area (TPSA) is 74.1 Å². The number of nitrogens with zero attached hydrogens (tertiary/aromatic N) is 1. The molecular weight excluding hydrogens is 326 g/mol. The van der Waals surface area contributed by atoms with Crippen LogP contribution in [0.15, 0.2) is 11.8 Å². The smallest absolute Gasteiger partial charge is 0.263 e. The molecule has 0 unspecified atom stereocenters. The Morgan fingerprint density at radius 1 is 1.15 bits per heavy atom. The van der Waals surface area contributed by atoms with Crippen molar-refractivity contribution in [2.45, 2.75) is 70.3 Å². The molecule has 0 saturated heterocycles. The highest BCUT2D eigenvalue weighted by molar-refractivity contribution is 5.97. The molecule has 4 fully saturated rings. The largest absolute Gasteiger partial charge is 0.384 e. The number of ether oxygens (including phenoxy) is 1. The molecule has 0 aromatic rings. The summed E-state index contributed by atoms with van der Waals surface area (Å²) in [6, 6.07) is 2.06. The number of rotatable bonds is 10. The van der Waals surface area contributed by atoms with Crippen LogP contribution in [-0.2, 0) is 9.53 Å². The molecule has 0 radical (unpaired) electrons. The SMILES string of the molecule is CCCCOCCCNC(=O)/C(C#N)=C\NC12CC3CC(CC(C3)C1)C2. The van der Waals surface area contributed by atoms with Gasteiger partial charge in [0.25, 0.3) is 5.91 Å². The minimum Gasteiger partial charge on any atom is -0.384 e. The lowest BCUT2D eigenvalue weighted by molar-refractivity contribution is -0.117. The third-order valence-electron chi connectivity index (χ3n) is 6.32. The summed E-state index contributed by atoms with van der Waals surface area (Å²) in [6.07, 6.45) is 12.4. The van der Waals surface area contributed by atoms with E-state index in [0.29, 0.717) is 13.2 Å². The summed E-state index contributed by atoms with van der Waals surface area (Å²) < 4.78 is 5.48. The van der Waals surface area contributed by atoms with E-state index >= 15 is 0 Å². The van der Waals surface area contributed by atoms with Gasteiger partial charge in [0.05, 0.1) is 0 Å². The average molecular weight is 360 g/mol. The highest BCUT2D eigenvalue weighted by atomic mass is 16.5. The Labute approximate surface area is 157 Å². The summed E-state index contributed by atoms with van der Waals surface area (Å²) in [5.41, 5.74) is 0.317. The number of hydrogen-bond acceptors (Lipinski definition) is 4. The van der Waals surface area contributed by atoms with Crippen LogP contribution in [0.2, 0.25) is 0 Å². The number of amides is 1. The summed E-state index contributed by atoms with van der Waals surface area (Å²) in [6.45, 7) is 4.11. The minimum absolute atomic E-state index is 0.129. The van der Waals surface area contributed by atoms with Gasteiger partial charge in [-0.05, 0) is 69.1 Å². The summed E-state index contributed by atoms with van der Waals surface area (Å²) in [7, 11) is 0. The van der Waals surface area contributed by atoms with Crippen molar-refractivity contribution in [3.63, 3.8) is 0 Å². The van der Waals surface area contributed by atoms with E-state index in [-0.39, 0.29) is 17.0 Å². The Morgan fingerprint density at radius 2 is 1.77 bits per heavy atom. The van der Waals surface area contributed by atoms with Gasteiger partial charge in [-0.1, -0.05) is 13.3 Å². The van der Waals surface area contributed by atoms with Crippen LogP contribution < -0.4 is 10.6 Å². The number of hydrogen-bond donors (Lipinski definition) is 2. The fourth-order valence-corrected chi connectivity index (χ4v) is 5.48. The molecular formula is C21H33N3O2. The number of carbonyl (C=O) groups is 1. The van der Waals surface area contributed by atoms with Crippen LogP contribution in [0.3, 0.4) is 0 Å². The lowest BCUT2D eigenvalue weighted by atomic mass is 9.53. The molecule has 0 aromatic heterocycles. The van der Waals surface area contributed by atoms with Gasteiger partial charge in [0.1, 0.15) is 11.6 Å². The molecule has 26 heavy (non-hydrogen) atoms. The van der Waals surface area contributed by atoms with Crippen molar-refractivity contribution < 1.29 is 9.53 Å². The molecule has 0 atom stereocenters. The van der Waals surface area contributed by atoms with Gasteiger partial charge in [-0.25, -0.2) is 0 Å². The third kappa shape index (κ3) is 4.79. The van der Waals surface area contributed by atoms with Crippen LogP contribution >= 0.6 is 0 Å². The highest BCUT2D eigenvalue weighted by Crippen LogP contribution is 2.55. The molecule has 4 saturated carbocycles. The number of nitriles is 1. The van der Waals surface area contributed by atoms with Gasteiger partial charge in [0, 0.05) is 31.5 Å². The maximum atomic E-state index is 12.2. The minimum atomic E-state index is -0.279. The van der Waals surface area contributed by atoms with Crippen molar-refractivity contribution in [1.82, 2.24) is 10.6 Å². The zero-order chi connectivity index (χ0) is 18.4. The van der Waals surface area contributed by atoms with Crippen molar-refractivity contribution >= 4 is 5.91 Å². The first kappa shape index (κ1) is 19.2. The Kier molecular flexibility index (Phi) is 6.58. The second kappa shape index (κ2) is 8.90. The molecule has 2 N–H and O–H groups in total. The second-order valence-electron chi connectivity index (χ2n) is 8.59. The van der Waals surface area contributed by atoms with Gasteiger partial charge in [-0.15, -0.1) is 0 Å². The second-order valence-corrected chi connectivity index (χ2v) is 8.59. The molecule has 5 heteroatoms. The van der Waals surface area contributed by atoms with Crippen LogP contribution in [0.25, 0.3) is 0 Å². The Balaban J connectivity index is 1.43. The van der Waals surface area contributed by atoms with E-state index in [1.54, 1.807) is 6.20 Å². The normalized spacial score (nSPS) is 32.3. The predicted molar refractivity (Wildman–Crippen MR) is 101 cm³/mol. The third-order valence-corrected chi connectivity index (χ3v) is 6.32. The average Bonchev–Trinajstić information content (AvgIpc) is 2.60. The van der Waals surface area contributed by atoms with Gasteiger partial charge in [0.2, 0.25) is 0 Å². The zero-order valence-corrected chi connectivity index (χ0v) is 16.1. The maximum absolute atomic E-state index is 12.2. The van der Waals surface area contributed by atoms with Crippen LogP contribution in [0.1, 0.15) is 64.7 Å². The van der Waals surface area contributed by atoms with Gasteiger partial charge < -0.3 is 15.4 Å². The molecule has 0 spiro atoms. The molecule has 4 bridgehead atoms. The van der Waals surface area contributed by atoms with Crippen LogP contribution in [0.5, 0.6) is 0 Å². The first-order valence-electron chi connectivity index (χ1n) is 10.4. The first-order valence-corrected chi connectivity index (χ1v) is 10.4. The van der Waals surface area contributed by atoms with Crippen molar-refractivity contribution in [3.8, 4) is 6.07 Å². The van der Waals surface area contributed by atoms with Gasteiger partial charge in [-0.2, -0.15) is 5.26 Å².